The summed E-state index contributed by atoms with van der Waals surface area (Å²) >= 11 is 0. The zero-order valence-electron chi connectivity index (χ0n) is 21.4. The third-order valence-corrected chi connectivity index (χ3v) is 6.69. The zero-order chi connectivity index (χ0) is 26.4. The minimum absolute atomic E-state index is 0.0595. The van der Waals surface area contributed by atoms with Crippen molar-refractivity contribution in [1.82, 2.24) is 9.80 Å². The molecule has 2 aliphatic rings. The van der Waals surface area contributed by atoms with Gasteiger partial charge in [0.25, 0.3) is 11.7 Å². The summed E-state index contributed by atoms with van der Waals surface area (Å²) in [4.78, 5) is 30.4. The molecule has 1 amide bonds. The van der Waals surface area contributed by atoms with E-state index in [9.17, 15) is 14.7 Å². The average molecular weight is 507 g/mol. The van der Waals surface area contributed by atoms with Gasteiger partial charge in [0.05, 0.1) is 11.6 Å². The Bertz CT molecular complexity index is 1170. The van der Waals surface area contributed by atoms with Gasteiger partial charge in [-0.1, -0.05) is 38.6 Å². The van der Waals surface area contributed by atoms with Crippen molar-refractivity contribution in [2.45, 2.75) is 26.3 Å². The lowest BCUT2D eigenvalue weighted by molar-refractivity contribution is -0.140. The van der Waals surface area contributed by atoms with Gasteiger partial charge in [0.1, 0.15) is 31.3 Å². The Morgan fingerprint density at radius 2 is 1.81 bits per heavy atom. The molecule has 0 bridgehead atoms. The number of carbonyl (C=O) groups is 2. The van der Waals surface area contributed by atoms with E-state index in [1.54, 1.807) is 41.3 Å². The Balaban J connectivity index is 1.71. The lowest BCUT2D eigenvalue weighted by atomic mass is 9.95. The number of fused-ring (bicyclic) bond motifs is 1. The molecule has 0 radical (unpaired) electrons. The molecule has 1 fully saturated rings. The second kappa shape index (κ2) is 12.0. The number of hydrogen-bond acceptors (Lipinski definition) is 7. The summed E-state index contributed by atoms with van der Waals surface area (Å²) in [7, 11) is 0. The molecule has 8 nitrogen and oxygen atoms in total. The third-order valence-electron chi connectivity index (χ3n) is 6.69. The molecule has 37 heavy (non-hydrogen) atoms. The Morgan fingerprint density at radius 1 is 1.11 bits per heavy atom. The number of benzene rings is 2. The van der Waals surface area contributed by atoms with Crippen molar-refractivity contribution in [2.24, 2.45) is 0 Å². The number of carbonyl (C=O) groups excluding carboxylic acids is 2. The maximum atomic E-state index is 13.3. The highest BCUT2D eigenvalue weighted by Gasteiger charge is 2.45. The summed E-state index contributed by atoms with van der Waals surface area (Å²) in [6, 6.07) is 11.5. The molecule has 196 valence electrons. The fourth-order valence-electron chi connectivity index (χ4n) is 4.71. The Morgan fingerprint density at radius 3 is 2.49 bits per heavy atom. The number of amides is 1. The standard InChI is InChI=1S/C29H34N2O6/c1-4-16-35-22-11-8-20(9-12-22)26-25(27(32)21-10-13-23-24(19-21)37-18-17-36-23)28(33)29(34)31(26)15-7-14-30(5-2)6-3/h4,8-13,19,26,32H,1,5-7,14-18H2,2-3H3. The monoisotopic (exact) mass is 506 g/mol. The molecule has 1 atom stereocenters. The first-order chi connectivity index (χ1) is 18.0. The molecule has 2 heterocycles. The summed E-state index contributed by atoms with van der Waals surface area (Å²) in [6.45, 7) is 12.1. The fourth-order valence-corrected chi connectivity index (χ4v) is 4.71. The van der Waals surface area contributed by atoms with Gasteiger partial charge in [0, 0.05) is 12.1 Å². The minimum Gasteiger partial charge on any atom is -0.507 e. The van der Waals surface area contributed by atoms with E-state index in [4.69, 9.17) is 14.2 Å². The maximum absolute atomic E-state index is 13.3. The molecule has 1 saturated heterocycles. The Hall–Kier alpha value is -3.78. The molecule has 0 aromatic heterocycles. The highest BCUT2D eigenvalue weighted by atomic mass is 16.6. The predicted molar refractivity (Wildman–Crippen MR) is 141 cm³/mol. The number of ketones is 1. The van der Waals surface area contributed by atoms with E-state index in [-0.39, 0.29) is 11.3 Å². The first-order valence-electron chi connectivity index (χ1n) is 12.7. The van der Waals surface area contributed by atoms with Crippen LogP contribution in [-0.2, 0) is 9.59 Å². The van der Waals surface area contributed by atoms with Gasteiger partial charge in [-0.25, -0.2) is 0 Å². The molecular weight excluding hydrogens is 472 g/mol. The molecule has 0 aliphatic carbocycles. The van der Waals surface area contributed by atoms with Crippen molar-refractivity contribution < 1.29 is 28.9 Å². The number of likely N-dealkylation sites (tertiary alicyclic amines) is 1. The molecule has 2 aromatic rings. The van der Waals surface area contributed by atoms with Crippen molar-refractivity contribution in [3.8, 4) is 17.2 Å². The second-order valence-corrected chi connectivity index (χ2v) is 8.90. The number of hydrogen-bond donors (Lipinski definition) is 1. The van der Waals surface area contributed by atoms with Crippen LogP contribution in [0.5, 0.6) is 17.2 Å². The number of ether oxygens (including phenoxy) is 3. The molecule has 2 aliphatic heterocycles. The first-order valence-corrected chi connectivity index (χ1v) is 12.7. The topological polar surface area (TPSA) is 88.5 Å². The molecule has 2 aromatic carbocycles. The van der Waals surface area contributed by atoms with E-state index in [0.717, 1.165) is 19.6 Å². The van der Waals surface area contributed by atoms with E-state index in [2.05, 4.69) is 25.3 Å². The van der Waals surface area contributed by atoms with Crippen LogP contribution in [0.15, 0.2) is 60.7 Å². The Kier molecular flexibility index (Phi) is 8.50. The average Bonchev–Trinajstić information content (AvgIpc) is 3.18. The number of aliphatic hydroxyl groups is 1. The third kappa shape index (κ3) is 5.64. The lowest BCUT2D eigenvalue weighted by Crippen LogP contribution is -2.33. The quantitative estimate of drug-likeness (QED) is 0.212. The van der Waals surface area contributed by atoms with Crippen molar-refractivity contribution in [3.05, 3.63) is 71.8 Å². The van der Waals surface area contributed by atoms with Gasteiger partial charge in [0.2, 0.25) is 0 Å². The molecule has 1 N–H and O–H groups in total. The molecule has 4 rings (SSSR count). The number of aliphatic hydroxyl groups excluding tert-OH is 1. The Labute approximate surface area is 217 Å². The van der Waals surface area contributed by atoms with Crippen LogP contribution in [0.1, 0.15) is 37.4 Å². The van der Waals surface area contributed by atoms with Gasteiger partial charge in [-0.3, -0.25) is 9.59 Å². The molecule has 1 unspecified atom stereocenters. The van der Waals surface area contributed by atoms with Crippen molar-refractivity contribution in [1.29, 1.82) is 0 Å². The van der Waals surface area contributed by atoms with Gasteiger partial charge < -0.3 is 29.1 Å². The number of Topliss-reactive ketones (excluding diaryl/α,β-unsaturated/α-hetero) is 1. The van der Waals surface area contributed by atoms with Crippen molar-refractivity contribution in [3.63, 3.8) is 0 Å². The van der Waals surface area contributed by atoms with E-state index >= 15 is 0 Å². The van der Waals surface area contributed by atoms with Gasteiger partial charge >= 0.3 is 0 Å². The van der Waals surface area contributed by atoms with E-state index < -0.39 is 17.7 Å². The molecule has 8 heteroatoms. The SMILES string of the molecule is C=CCOc1ccc(C2C(=C(O)c3ccc4c(c3)OCCO4)C(=O)C(=O)N2CCCN(CC)CC)cc1. The maximum Gasteiger partial charge on any atom is 0.295 e. The summed E-state index contributed by atoms with van der Waals surface area (Å²) < 4.78 is 16.8. The largest absolute Gasteiger partial charge is 0.507 e. The van der Waals surface area contributed by atoms with E-state index in [1.165, 1.54) is 0 Å². The van der Waals surface area contributed by atoms with Crippen molar-refractivity contribution in [2.75, 3.05) is 46.0 Å². The van der Waals surface area contributed by atoms with Gasteiger partial charge in [-0.05, 0) is 62.0 Å². The molecule has 0 spiro atoms. The first kappa shape index (κ1) is 26.3. The minimum atomic E-state index is -0.724. The number of nitrogens with zero attached hydrogens (tertiary/aromatic N) is 2. The van der Waals surface area contributed by atoms with Crippen molar-refractivity contribution >= 4 is 17.4 Å². The summed E-state index contributed by atoms with van der Waals surface area (Å²) in [6.07, 6.45) is 2.36. The number of rotatable bonds is 11. The normalized spacial score (nSPS) is 18.4. The summed E-state index contributed by atoms with van der Waals surface area (Å²) in [5, 5.41) is 11.4. The summed E-state index contributed by atoms with van der Waals surface area (Å²) in [5.74, 6) is 0.158. The van der Waals surface area contributed by atoms with Crippen LogP contribution in [0.4, 0.5) is 0 Å². The van der Waals surface area contributed by atoms with Crippen LogP contribution in [0, 0.1) is 0 Å². The van der Waals surface area contributed by atoms with Gasteiger partial charge in [0.15, 0.2) is 11.5 Å². The molecule has 0 saturated carbocycles. The lowest BCUT2D eigenvalue weighted by Gasteiger charge is -2.27. The van der Waals surface area contributed by atoms with Gasteiger partial charge in [-0.2, -0.15) is 0 Å². The van der Waals surface area contributed by atoms with Crippen LogP contribution in [0.3, 0.4) is 0 Å². The van der Waals surface area contributed by atoms with Gasteiger partial charge in [-0.15, -0.1) is 0 Å². The predicted octanol–water partition coefficient (Wildman–Crippen LogP) is 4.18. The van der Waals surface area contributed by atoms with Crippen LogP contribution in [-0.4, -0.2) is 72.6 Å². The highest BCUT2D eigenvalue weighted by molar-refractivity contribution is 6.46. The van der Waals surface area contributed by atoms with Crippen LogP contribution < -0.4 is 14.2 Å². The molecular formula is C29H34N2O6. The van der Waals surface area contributed by atoms with Crippen LogP contribution in [0.25, 0.3) is 5.76 Å². The second-order valence-electron chi connectivity index (χ2n) is 8.90. The van der Waals surface area contributed by atoms with Crippen LogP contribution in [0.2, 0.25) is 0 Å². The van der Waals surface area contributed by atoms with Crippen LogP contribution >= 0.6 is 0 Å². The van der Waals surface area contributed by atoms with E-state index in [0.29, 0.717) is 61.2 Å². The fraction of sp³-hybridized carbons (Fsp3) is 0.379. The highest BCUT2D eigenvalue weighted by Crippen LogP contribution is 2.41. The van der Waals surface area contributed by atoms with E-state index in [1.807, 2.05) is 12.1 Å². The smallest absolute Gasteiger partial charge is 0.295 e. The zero-order valence-corrected chi connectivity index (χ0v) is 21.4. The summed E-state index contributed by atoms with van der Waals surface area (Å²) in [5.41, 5.74) is 1.16.